The Morgan fingerprint density at radius 1 is 0.865 bits per heavy atom. The molecule has 2 atom stereocenters. The van der Waals surface area contributed by atoms with Gasteiger partial charge in [0, 0.05) is 49.3 Å². The maximum absolute atomic E-state index is 14.0. The summed E-state index contributed by atoms with van der Waals surface area (Å²) in [6.45, 7) is 0.270. The molecule has 4 aromatic rings. The number of aryl methyl sites for hydroxylation is 1. The smallest absolute Gasteiger partial charge is 0.410 e. The summed E-state index contributed by atoms with van der Waals surface area (Å²) in [5.74, 6) is 0.449. The van der Waals surface area contributed by atoms with Crippen molar-refractivity contribution in [2.45, 2.75) is 50.2 Å². The third-order valence-electron chi connectivity index (χ3n) is 9.49. The number of piperidine rings is 1. The van der Waals surface area contributed by atoms with Crippen LogP contribution in [0.15, 0.2) is 84.9 Å². The second-order valence-corrected chi connectivity index (χ2v) is 12.5. The van der Waals surface area contributed by atoms with Crippen LogP contribution in [0, 0.1) is 37.2 Å². The van der Waals surface area contributed by atoms with Crippen LogP contribution >= 0.6 is 0 Å². The molecule has 0 unspecified atom stereocenters. The van der Waals surface area contributed by atoms with Crippen molar-refractivity contribution in [2.24, 2.45) is 0 Å². The number of esters is 2. The van der Waals surface area contributed by atoms with Crippen LogP contribution in [0.25, 0.3) is 11.1 Å². The average molecular weight is 931 g/mol. The zero-order chi connectivity index (χ0) is 35.7. The van der Waals surface area contributed by atoms with Gasteiger partial charge in [0.15, 0.2) is 18.1 Å². The first-order valence-corrected chi connectivity index (χ1v) is 17.1. The van der Waals surface area contributed by atoms with Crippen molar-refractivity contribution in [2.75, 3.05) is 41.1 Å². The molecular weight excluding hydrogens is 888 g/mol. The number of hydrogen-bond donors (Lipinski definition) is 0. The van der Waals surface area contributed by atoms with Gasteiger partial charge in [-0.15, -0.1) is 17.7 Å². The van der Waals surface area contributed by atoms with E-state index in [-0.39, 0.29) is 50.2 Å². The molecule has 0 spiro atoms. The van der Waals surface area contributed by atoms with Crippen molar-refractivity contribution in [1.29, 1.82) is 0 Å². The first-order chi connectivity index (χ1) is 24.9. The quantitative estimate of drug-likeness (QED) is 0.0790. The normalized spacial score (nSPS) is 15.3. The topological polar surface area (TPSA) is 110 Å². The Kier molecular flexibility index (Phi) is 13.7. The van der Waals surface area contributed by atoms with E-state index in [0.717, 1.165) is 40.7 Å². The van der Waals surface area contributed by atoms with Gasteiger partial charge in [-0.3, -0.25) is 4.90 Å². The van der Waals surface area contributed by atoms with Crippen molar-refractivity contribution in [3.05, 3.63) is 113 Å². The molecule has 2 aliphatic rings. The number of carbonyl (C=O) groups is 3. The van der Waals surface area contributed by atoms with Crippen LogP contribution in [0.5, 0.6) is 17.2 Å². The number of rotatable bonds is 13. The molecule has 1 fully saturated rings. The molecule has 1 aliphatic heterocycles. The van der Waals surface area contributed by atoms with Crippen LogP contribution in [0.4, 0.5) is 4.79 Å². The molecule has 1 aliphatic carbocycles. The Morgan fingerprint density at radius 2 is 1.58 bits per heavy atom. The summed E-state index contributed by atoms with van der Waals surface area (Å²) in [6, 6.07) is 29.3. The number of carbonyl (C=O) groups excluding carboxylic acids is 3. The van der Waals surface area contributed by atoms with Gasteiger partial charge in [-0.05, 0) is 72.1 Å². The maximum Gasteiger partial charge on any atom is 0.410 e. The number of nitrogens with zero attached hydrogens (tertiary/aromatic N) is 1. The second-order valence-electron chi connectivity index (χ2n) is 12.5. The third kappa shape index (κ3) is 8.94. The standard InChI is InChI=1S/C41H42NO9.U/c1-46-37-21-19-27(23-38(37)47-2)18-20-36(28-11-10-12-29(24-28)49-26-39(43)48-3)51-40(44)35-17-8-9-22-42(35)41(45)50-25-34-32-15-6-4-13-30(32)31-14-5-7-16-33(31)34;/h4-7,11-16,19,21,23-24,34-36H,8-9,17-18,20,22,25-26H2,1-3H3;/q-1;/t35-,36+;/m0./s1. The minimum Gasteiger partial charge on any atom is -0.540 e. The monoisotopic (exact) mass is 930 g/mol. The van der Waals surface area contributed by atoms with Crippen LogP contribution in [0.2, 0.25) is 0 Å². The van der Waals surface area contributed by atoms with E-state index in [0.29, 0.717) is 48.6 Å². The van der Waals surface area contributed by atoms with E-state index in [4.69, 9.17) is 28.4 Å². The summed E-state index contributed by atoms with van der Waals surface area (Å²) < 4.78 is 33.4. The van der Waals surface area contributed by atoms with Gasteiger partial charge in [0.25, 0.3) is 0 Å². The number of fused-ring (bicyclic) bond motifs is 3. The first kappa shape index (κ1) is 38.8. The summed E-state index contributed by atoms with van der Waals surface area (Å²) in [5.41, 5.74) is 6.11. The number of benzene rings is 4. The average Bonchev–Trinajstić information content (AvgIpc) is 3.50. The van der Waals surface area contributed by atoms with Crippen molar-refractivity contribution in [3.63, 3.8) is 0 Å². The van der Waals surface area contributed by atoms with E-state index in [1.807, 2.05) is 42.5 Å². The number of methoxy groups -OCH3 is 3. The third-order valence-corrected chi connectivity index (χ3v) is 9.49. The second kappa shape index (κ2) is 18.3. The molecule has 11 heteroatoms. The Balaban J connectivity index is 0.00000523. The van der Waals surface area contributed by atoms with Gasteiger partial charge in [-0.25, -0.2) is 14.4 Å². The minimum absolute atomic E-state index is 0. The SMILES string of the molecule is COC(=O)COc1c[c-]cc([C@@H](CCc2ccc(OC)c(OC)c2)OC(=O)[C@@H]2CCCCN2C(=O)OCC2c3ccccc3-c3ccccc32)c1.[U]. The predicted molar refractivity (Wildman–Crippen MR) is 189 cm³/mol. The van der Waals surface area contributed by atoms with E-state index < -0.39 is 30.2 Å². The van der Waals surface area contributed by atoms with E-state index >= 15 is 0 Å². The molecule has 0 aromatic heterocycles. The minimum atomic E-state index is -0.805. The van der Waals surface area contributed by atoms with Crippen LogP contribution in [-0.2, 0) is 30.2 Å². The number of likely N-dealkylation sites (tertiary alicyclic amines) is 1. The van der Waals surface area contributed by atoms with Crippen molar-refractivity contribution < 1.29 is 73.9 Å². The molecule has 1 saturated heterocycles. The van der Waals surface area contributed by atoms with Crippen molar-refractivity contribution in [1.82, 2.24) is 4.90 Å². The summed E-state index contributed by atoms with van der Waals surface area (Å²) in [5, 5.41) is 0. The van der Waals surface area contributed by atoms with E-state index in [1.54, 1.807) is 32.4 Å². The van der Waals surface area contributed by atoms with Gasteiger partial charge in [0.1, 0.15) is 12.6 Å². The molecule has 10 nitrogen and oxygen atoms in total. The number of amides is 1. The largest absolute Gasteiger partial charge is 0.540 e. The molecule has 52 heavy (non-hydrogen) atoms. The summed E-state index contributed by atoms with van der Waals surface area (Å²) >= 11 is 0. The van der Waals surface area contributed by atoms with Gasteiger partial charge in [-0.1, -0.05) is 54.6 Å². The molecule has 1 amide bonds. The summed E-state index contributed by atoms with van der Waals surface area (Å²) in [4.78, 5) is 40.9. The molecule has 0 bridgehead atoms. The fraction of sp³-hybridized carbons (Fsp3) is 0.341. The van der Waals surface area contributed by atoms with E-state index in [2.05, 4.69) is 30.3 Å². The molecule has 6 rings (SSSR count). The molecule has 0 saturated carbocycles. The van der Waals surface area contributed by atoms with Gasteiger partial charge < -0.3 is 28.4 Å². The first-order valence-electron chi connectivity index (χ1n) is 17.1. The molecule has 270 valence electrons. The Labute approximate surface area is 328 Å². The molecular formula is C41H42NO9U-. The zero-order valence-electron chi connectivity index (χ0n) is 29.6. The summed E-state index contributed by atoms with van der Waals surface area (Å²) in [6.07, 6.45) is 1.68. The fourth-order valence-corrected chi connectivity index (χ4v) is 6.86. The van der Waals surface area contributed by atoms with Gasteiger partial charge >= 0.3 is 18.0 Å². The Morgan fingerprint density at radius 3 is 2.27 bits per heavy atom. The molecule has 0 radical (unpaired) electrons. The van der Waals surface area contributed by atoms with Crippen LogP contribution in [0.1, 0.15) is 60.0 Å². The molecule has 0 N–H and O–H groups in total. The maximum atomic E-state index is 14.0. The molecule has 4 aromatic carbocycles. The Hall–Kier alpha value is -4.46. The van der Waals surface area contributed by atoms with Gasteiger partial charge in [-0.2, -0.15) is 12.1 Å². The Bertz CT molecular complexity index is 1820. The van der Waals surface area contributed by atoms with Gasteiger partial charge in [0.2, 0.25) is 0 Å². The fourth-order valence-electron chi connectivity index (χ4n) is 6.86. The zero-order valence-corrected chi connectivity index (χ0v) is 33.8. The predicted octanol–water partition coefficient (Wildman–Crippen LogP) is 7.08. The van der Waals surface area contributed by atoms with Crippen LogP contribution in [-0.4, -0.2) is 70.1 Å². The summed E-state index contributed by atoms with van der Waals surface area (Å²) in [7, 11) is 4.44. The number of ether oxygens (including phenoxy) is 6. The van der Waals surface area contributed by atoms with Crippen molar-refractivity contribution in [3.8, 4) is 28.4 Å². The van der Waals surface area contributed by atoms with Gasteiger partial charge in [0.05, 0.1) is 27.4 Å². The van der Waals surface area contributed by atoms with E-state index in [1.165, 1.54) is 12.0 Å². The molecule has 1 heterocycles. The van der Waals surface area contributed by atoms with Crippen LogP contribution in [0.3, 0.4) is 0 Å². The van der Waals surface area contributed by atoms with Crippen molar-refractivity contribution >= 4 is 18.0 Å². The van der Waals surface area contributed by atoms with E-state index in [9.17, 15) is 14.4 Å². The number of hydrogen-bond acceptors (Lipinski definition) is 9. The van der Waals surface area contributed by atoms with Crippen LogP contribution < -0.4 is 14.2 Å².